The maximum Gasteiger partial charge on any atom is 0.222 e. The summed E-state index contributed by atoms with van der Waals surface area (Å²) in [5, 5.41) is 3.11. The number of aromatic nitrogens is 1. The van der Waals surface area contributed by atoms with Gasteiger partial charge in [0.05, 0.1) is 7.11 Å². The number of nitrogens with zero attached hydrogens (tertiary/aromatic N) is 1. The molecular formula is C17H22N2O2. The van der Waals surface area contributed by atoms with Crippen LogP contribution in [0.1, 0.15) is 23.6 Å². The minimum atomic E-state index is 0.609. The third-order valence-electron chi connectivity index (χ3n) is 3.31. The molecule has 0 unspecified atom stereocenters. The number of benzene rings is 1. The van der Waals surface area contributed by atoms with E-state index in [9.17, 15) is 0 Å². The molecule has 21 heavy (non-hydrogen) atoms. The third kappa shape index (κ3) is 3.73. The molecule has 0 spiro atoms. The Morgan fingerprint density at radius 1 is 1.14 bits per heavy atom. The molecule has 0 saturated carbocycles. The van der Waals surface area contributed by atoms with Gasteiger partial charge in [-0.05, 0) is 49.7 Å². The van der Waals surface area contributed by atoms with E-state index in [1.54, 1.807) is 7.11 Å². The highest BCUT2D eigenvalue weighted by atomic mass is 16.5. The van der Waals surface area contributed by atoms with Crippen LogP contribution in [0.2, 0.25) is 0 Å². The second-order valence-electron chi connectivity index (χ2n) is 4.94. The van der Waals surface area contributed by atoms with Crippen molar-refractivity contribution in [1.82, 2.24) is 10.3 Å². The lowest BCUT2D eigenvalue weighted by molar-refractivity contribution is 0.372. The van der Waals surface area contributed by atoms with E-state index in [-0.39, 0.29) is 0 Å². The first-order valence-electron chi connectivity index (χ1n) is 7.12. The topological polar surface area (TPSA) is 43.4 Å². The molecule has 0 aliphatic rings. The van der Waals surface area contributed by atoms with Crippen molar-refractivity contribution < 1.29 is 9.47 Å². The van der Waals surface area contributed by atoms with Crippen molar-refractivity contribution in [2.24, 2.45) is 0 Å². The average Bonchev–Trinajstić information content (AvgIpc) is 2.50. The van der Waals surface area contributed by atoms with Crippen LogP contribution in [0.15, 0.2) is 30.5 Å². The summed E-state index contributed by atoms with van der Waals surface area (Å²) in [4.78, 5) is 4.39. The molecule has 2 rings (SSSR count). The van der Waals surface area contributed by atoms with E-state index >= 15 is 0 Å². The van der Waals surface area contributed by atoms with Crippen LogP contribution in [-0.2, 0) is 13.0 Å². The van der Waals surface area contributed by atoms with Crippen LogP contribution < -0.4 is 14.8 Å². The van der Waals surface area contributed by atoms with E-state index in [0.29, 0.717) is 11.6 Å². The van der Waals surface area contributed by atoms with Crippen molar-refractivity contribution in [3.63, 3.8) is 0 Å². The van der Waals surface area contributed by atoms with Crippen LogP contribution in [0.5, 0.6) is 17.4 Å². The van der Waals surface area contributed by atoms with Crippen molar-refractivity contribution in [3.8, 4) is 17.4 Å². The maximum absolute atomic E-state index is 5.91. The van der Waals surface area contributed by atoms with Gasteiger partial charge in [0.15, 0.2) is 11.5 Å². The Kier molecular flexibility index (Phi) is 5.17. The second kappa shape index (κ2) is 7.09. The van der Waals surface area contributed by atoms with E-state index < -0.39 is 0 Å². The number of methoxy groups -OCH3 is 1. The number of ether oxygens (including phenoxy) is 2. The van der Waals surface area contributed by atoms with Crippen LogP contribution in [0.25, 0.3) is 0 Å². The largest absolute Gasteiger partial charge is 0.493 e. The van der Waals surface area contributed by atoms with Crippen molar-refractivity contribution >= 4 is 0 Å². The van der Waals surface area contributed by atoms with E-state index in [0.717, 1.165) is 29.8 Å². The molecule has 1 N–H and O–H groups in total. The van der Waals surface area contributed by atoms with Gasteiger partial charge in [-0.25, -0.2) is 4.98 Å². The zero-order chi connectivity index (χ0) is 15.2. The smallest absolute Gasteiger partial charge is 0.222 e. The molecule has 0 fully saturated rings. The number of hydrogen-bond donors (Lipinski definition) is 1. The zero-order valence-corrected chi connectivity index (χ0v) is 13.1. The maximum atomic E-state index is 5.91. The fraction of sp³-hybridized carbons (Fsp3) is 0.353. The summed E-state index contributed by atoms with van der Waals surface area (Å²) >= 11 is 0. The van der Waals surface area contributed by atoms with Crippen LogP contribution in [0.4, 0.5) is 0 Å². The number of hydrogen-bond acceptors (Lipinski definition) is 4. The lowest BCUT2D eigenvalue weighted by Gasteiger charge is -2.13. The molecule has 0 bridgehead atoms. The minimum absolute atomic E-state index is 0.609. The summed E-state index contributed by atoms with van der Waals surface area (Å²) in [5.74, 6) is 2.03. The van der Waals surface area contributed by atoms with Crippen LogP contribution >= 0.6 is 0 Å². The van der Waals surface area contributed by atoms with Gasteiger partial charge in [0.25, 0.3) is 0 Å². The SMILES string of the molecule is CCc1ccc(Oc2ncc(CNC)cc2C)c(OC)c1. The molecule has 0 aliphatic carbocycles. The molecule has 4 heteroatoms. The van der Waals surface area contributed by atoms with Gasteiger partial charge in [-0.15, -0.1) is 0 Å². The molecule has 0 amide bonds. The first-order chi connectivity index (χ1) is 10.2. The molecule has 112 valence electrons. The fourth-order valence-electron chi connectivity index (χ4n) is 2.15. The van der Waals surface area contributed by atoms with Crippen LogP contribution in [0.3, 0.4) is 0 Å². The number of rotatable bonds is 6. The molecule has 1 heterocycles. The highest BCUT2D eigenvalue weighted by Crippen LogP contribution is 2.33. The molecule has 2 aromatic rings. The molecule has 0 radical (unpaired) electrons. The molecule has 1 aromatic heterocycles. The molecule has 4 nitrogen and oxygen atoms in total. The second-order valence-corrected chi connectivity index (χ2v) is 4.94. The molecule has 0 atom stereocenters. The molecule has 0 saturated heterocycles. The number of aryl methyl sites for hydroxylation is 2. The van der Waals surface area contributed by atoms with Gasteiger partial charge in [-0.1, -0.05) is 13.0 Å². The van der Waals surface area contributed by atoms with Crippen molar-refractivity contribution in [3.05, 3.63) is 47.2 Å². The minimum Gasteiger partial charge on any atom is -0.493 e. The Bertz CT molecular complexity index is 612. The fourth-order valence-corrected chi connectivity index (χ4v) is 2.15. The highest BCUT2D eigenvalue weighted by molar-refractivity contribution is 5.45. The number of nitrogens with one attached hydrogen (secondary N) is 1. The van der Waals surface area contributed by atoms with Crippen LogP contribution in [0, 0.1) is 6.92 Å². The normalized spacial score (nSPS) is 10.5. The molecular weight excluding hydrogens is 264 g/mol. The number of pyridine rings is 1. The van der Waals surface area contributed by atoms with Crippen LogP contribution in [-0.4, -0.2) is 19.1 Å². The first-order valence-corrected chi connectivity index (χ1v) is 7.12. The summed E-state index contributed by atoms with van der Waals surface area (Å²) < 4.78 is 11.3. The Hall–Kier alpha value is -2.07. The van der Waals surface area contributed by atoms with E-state index in [1.807, 2.05) is 38.4 Å². The van der Waals surface area contributed by atoms with Crippen molar-refractivity contribution in [2.45, 2.75) is 26.8 Å². The van der Waals surface area contributed by atoms with Gasteiger partial charge >= 0.3 is 0 Å². The predicted molar refractivity (Wildman–Crippen MR) is 84.2 cm³/mol. The third-order valence-corrected chi connectivity index (χ3v) is 3.31. The van der Waals surface area contributed by atoms with Gasteiger partial charge in [0.2, 0.25) is 5.88 Å². The summed E-state index contributed by atoms with van der Waals surface area (Å²) in [6.45, 7) is 4.90. The van der Waals surface area contributed by atoms with Gasteiger partial charge in [-0.2, -0.15) is 0 Å². The highest BCUT2D eigenvalue weighted by Gasteiger charge is 2.09. The standard InChI is InChI=1S/C17H22N2O2/c1-5-13-6-7-15(16(9-13)20-4)21-17-12(2)8-14(10-18-3)11-19-17/h6-9,11,18H,5,10H2,1-4H3. The molecule has 0 aliphatic heterocycles. The first kappa shape index (κ1) is 15.3. The monoisotopic (exact) mass is 286 g/mol. The lowest BCUT2D eigenvalue weighted by atomic mass is 10.1. The lowest BCUT2D eigenvalue weighted by Crippen LogP contribution is -2.06. The van der Waals surface area contributed by atoms with Gasteiger partial charge in [0, 0.05) is 18.3 Å². The predicted octanol–water partition coefficient (Wildman–Crippen LogP) is 3.47. The van der Waals surface area contributed by atoms with Gasteiger partial charge < -0.3 is 14.8 Å². The zero-order valence-electron chi connectivity index (χ0n) is 13.1. The summed E-state index contributed by atoms with van der Waals surface area (Å²) in [5.41, 5.74) is 3.35. The summed E-state index contributed by atoms with van der Waals surface area (Å²) in [6, 6.07) is 8.05. The van der Waals surface area contributed by atoms with Gasteiger partial charge in [0.1, 0.15) is 0 Å². The average molecular weight is 286 g/mol. The summed E-state index contributed by atoms with van der Waals surface area (Å²) in [7, 11) is 3.57. The van der Waals surface area contributed by atoms with Crippen molar-refractivity contribution in [2.75, 3.05) is 14.2 Å². The Morgan fingerprint density at radius 2 is 1.95 bits per heavy atom. The van der Waals surface area contributed by atoms with E-state index in [4.69, 9.17) is 9.47 Å². The van der Waals surface area contributed by atoms with Gasteiger partial charge in [-0.3, -0.25) is 0 Å². The molecule has 1 aromatic carbocycles. The quantitative estimate of drug-likeness (QED) is 0.883. The Labute approximate surface area is 126 Å². The Balaban J connectivity index is 2.25. The van der Waals surface area contributed by atoms with E-state index in [1.165, 1.54) is 5.56 Å². The Morgan fingerprint density at radius 3 is 2.57 bits per heavy atom. The van der Waals surface area contributed by atoms with E-state index in [2.05, 4.69) is 23.3 Å². The van der Waals surface area contributed by atoms with Crippen molar-refractivity contribution in [1.29, 1.82) is 0 Å². The summed E-state index contributed by atoms with van der Waals surface area (Å²) in [6.07, 6.45) is 2.79.